The second-order valence-electron chi connectivity index (χ2n) is 3.58. The topological polar surface area (TPSA) is 26.3 Å². The summed E-state index contributed by atoms with van der Waals surface area (Å²) in [6.07, 6.45) is 4.21. The van der Waals surface area contributed by atoms with Crippen molar-refractivity contribution < 1.29 is 9.53 Å². The van der Waals surface area contributed by atoms with Crippen LogP contribution in [0.25, 0.3) is 0 Å². The molecule has 2 nitrogen and oxygen atoms in total. The minimum Gasteiger partial charge on any atom is -0.458 e. The fourth-order valence-corrected chi connectivity index (χ4v) is 1.72. The van der Waals surface area contributed by atoms with Gasteiger partial charge in [-0.25, -0.2) is 0 Å². The minimum absolute atomic E-state index is 0.112. The molecule has 72 valence electrons. The third kappa shape index (κ3) is 2.44. The van der Waals surface area contributed by atoms with Crippen molar-refractivity contribution in [3.05, 3.63) is 23.3 Å². The maximum absolute atomic E-state index is 10.7. The Morgan fingerprint density at radius 3 is 2.54 bits per heavy atom. The summed E-state index contributed by atoms with van der Waals surface area (Å²) in [5, 5.41) is 0. The number of hydrogen-bond acceptors (Lipinski definition) is 2. The third-order valence-electron chi connectivity index (χ3n) is 2.19. The van der Waals surface area contributed by atoms with Crippen LogP contribution in [0.15, 0.2) is 23.3 Å². The first-order chi connectivity index (χ1) is 6.00. The van der Waals surface area contributed by atoms with Crippen molar-refractivity contribution >= 4 is 5.97 Å². The van der Waals surface area contributed by atoms with Crippen molar-refractivity contribution in [1.29, 1.82) is 0 Å². The highest BCUT2D eigenvalue weighted by Crippen LogP contribution is 2.26. The van der Waals surface area contributed by atoms with Gasteiger partial charge in [0.05, 0.1) is 0 Å². The summed E-state index contributed by atoms with van der Waals surface area (Å²) in [7, 11) is 0. The van der Waals surface area contributed by atoms with Gasteiger partial charge in [-0.3, -0.25) is 4.79 Å². The largest absolute Gasteiger partial charge is 0.458 e. The normalized spacial score (nSPS) is 23.5. The SMILES string of the molecule is CC(=O)OC(C)C1=C[C@H](C)C=C1C. The molecule has 0 spiro atoms. The molecule has 0 aromatic heterocycles. The zero-order valence-electron chi connectivity index (χ0n) is 8.63. The molecule has 1 aliphatic rings. The predicted molar refractivity (Wildman–Crippen MR) is 52.2 cm³/mol. The number of ether oxygens (including phenoxy) is 1. The first-order valence-electron chi connectivity index (χ1n) is 4.58. The molecule has 0 radical (unpaired) electrons. The van der Waals surface area contributed by atoms with E-state index in [0.29, 0.717) is 5.92 Å². The summed E-state index contributed by atoms with van der Waals surface area (Å²) < 4.78 is 5.10. The Labute approximate surface area is 79.3 Å². The Morgan fingerprint density at radius 1 is 1.54 bits per heavy atom. The summed E-state index contributed by atoms with van der Waals surface area (Å²) in [6, 6.07) is 0. The van der Waals surface area contributed by atoms with E-state index in [4.69, 9.17) is 4.74 Å². The van der Waals surface area contributed by atoms with Crippen molar-refractivity contribution in [2.45, 2.75) is 33.8 Å². The monoisotopic (exact) mass is 180 g/mol. The van der Waals surface area contributed by atoms with Crippen LogP contribution in [0, 0.1) is 5.92 Å². The van der Waals surface area contributed by atoms with Gasteiger partial charge in [-0.1, -0.05) is 19.1 Å². The molecule has 0 bridgehead atoms. The Balaban J connectivity index is 2.68. The maximum atomic E-state index is 10.7. The fourth-order valence-electron chi connectivity index (χ4n) is 1.72. The molecule has 2 atom stereocenters. The summed E-state index contributed by atoms with van der Waals surface area (Å²) >= 11 is 0. The van der Waals surface area contributed by atoms with Gasteiger partial charge in [0.1, 0.15) is 6.10 Å². The summed E-state index contributed by atoms with van der Waals surface area (Å²) in [4.78, 5) is 10.7. The number of carbonyl (C=O) groups excluding carboxylic acids is 1. The van der Waals surface area contributed by atoms with E-state index < -0.39 is 0 Å². The van der Waals surface area contributed by atoms with Gasteiger partial charge in [0, 0.05) is 6.92 Å². The molecule has 0 amide bonds. The van der Waals surface area contributed by atoms with Crippen LogP contribution in [0.1, 0.15) is 27.7 Å². The smallest absolute Gasteiger partial charge is 0.303 e. The van der Waals surface area contributed by atoms with E-state index in [1.165, 1.54) is 12.5 Å². The minimum atomic E-state index is -0.222. The highest BCUT2D eigenvalue weighted by atomic mass is 16.5. The zero-order valence-corrected chi connectivity index (χ0v) is 8.63. The van der Waals surface area contributed by atoms with E-state index in [9.17, 15) is 4.79 Å². The molecule has 13 heavy (non-hydrogen) atoms. The first kappa shape index (κ1) is 10.0. The highest BCUT2D eigenvalue weighted by molar-refractivity contribution is 5.66. The van der Waals surface area contributed by atoms with Gasteiger partial charge in [-0.05, 0) is 30.9 Å². The standard InChI is InChI=1S/C11H16O2/c1-7-5-8(2)11(6-7)9(3)13-10(4)12/h5-7,9H,1-4H3/t7-,9?/m1/s1. The quantitative estimate of drug-likeness (QED) is 0.610. The van der Waals surface area contributed by atoms with Gasteiger partial charge in [-0.15, -0.1) is 0 Å². The van der Waals surface area contributed by atoms with Crippen molar-refractivity contribution in [1.82, 2.24) is 0 Å². The molecule has 1 rings (SSSR count). The average molecular weight is 180 g/mol. The first-order valence-corrected chi connectivity index (χ1v) is 4.58. The van der Waals surface area contributed by atoms with E-state index in [1.807, 2.05) is 6.92 Å². The summed E-state index contributed by atoms with van der Waals surface area (Å²) in [5.41, 5.74) is 2.36. The Hall–Kier alpha value is -1.05. The van der Waals surface area contributed by atoms with Crippen LogP contribution in [-0.4, -0.2) is 12.1 Å². The van der Waals surface area contributed by atoms with E-state index in [-0.39, 0.29) is 12.1 Å². The fraction of sp³-hybridized carbons (Fsp3) is 0.545. The van der Waals surface area contributed by atoms with Crippen molar-refractivity contribution in [2.24, 2.45) is 5.92 Å². The van der Waals surface area contributed by atoms with E-state index in [1.54, 1.807) is 0 Å². The molecule has 0 aliphatic heterocycles. The summed E-state index contributed by atoms with van der Waals surface area (Å²) in [5.74, 6) is 0.244. The highest BCUT2D eigenvalue weighted by Gasteiger charge is 2.18. The number of carbonyl (C=O) groups is 1. The molecule has 1 unspecified atom stereocenters. The zero-order chi connectivity index (χ0) is 10.0. The second kappa shape index (κ2) is 3.77. The van der Waals surface area contributed by atoms with Crippen LogP contribution in [0.5, 0.6) is 0 Å². The van der Waals surface area contributed by atoms with Crippen LogP contribution in [0.2, 0.25) is 0 Å². The lowest BCUT2D eigenvalue weighted by molar-refractivity contribution is -0.143. The van der Waals surface area contributed by atoms with Crippen molar-refractivity contribution in [3.8, 4) is 0 Å². The van der Waals surface area contributed by atoms with E-state index in [2.05, 4.69) is 26.0 Å². The Morgan fingerprint density at radius 2 is 2.15 bits per heavy atom. The molecule has 0 fully saturated rings. The second-order valence-corrected chi connectivity index (χ2v) is 3.58. The predicted octanol–water partition coefficient (Wildman–Crippen LogP) is 2.46. The molecule has 0 heterocycles. The van der Waals surface area contributed by atoms with Crippen molar-refractivity contribution in [2.75, 3.05) is 0 Å². The molecule has 0 aromatic rings. The maximum Gasteiger partial charge on any atom is 0.303 e. The van der Waals surface area contributed by atoms with Crippen LogP contribution in [0.3, 0.4) is 0 Å². The lowest BCUT2D eigenvalue weighted by Gasteiger charge is -2.14. The van der Waals surface area contributed by atoms with E-state index >= 15 is 0 Å². The molecule has 0 N–H and O–H groups in total. The number of esters is 1. The third-order valence-corrected chi connectivity index (χ3v) is 2.19. The Kier molecular flexibility index (Phi) is 2.91. The molecule has 0 saturated carbocycles. The molecule has 2 heteroatoms. The molecule has 0 saturated heterocycles. The average Bonchev–Trinajstić information content (AvgIpc) is 2.28. The van der Waals surface area contributed by atoms with Crippen LogP contribution in [-0.2, 0) is 9.53 Å². The molecule has 0 aromatic carbocycles. The summed E-state index contributed by atoms with van der Waals surface area (Å²) in [6.45, 7) is 7.52. The van der Waals surface area contributed by atoms with Crippen LogP contribution >= 0.6 is 0 Å². The van der Waals surface area contributed by atoms with Crippen molar-refractivity contribution in [3.63, 3.8) is 0 Å². The molecule has 1 aliphatic carbocycles. The van der Waals surface area contributed by atoms with Gasteiger partial charge < -0.3 is 4.74 Å². The van der Waals surface area contributed by atoms with E-state index in [0.717, 1.165) is 5.57 Å². The number of allylic oxidation sites excluding steroid dienone is 2. The lowest BCUT2D eigenvalue weighted by atomic mass is 10.1. The number of rotatable bonds is 2. The van der Waals surface area contributed by atoms with Gasteiger partial charge in [-0.2, -0.15) is 0 Å². The van der Waals surface area contributed by atoms with Gasteiger partial charge >= 0.3 is 5.97 Å². The van der Waals surface area contributed by atoms with Gasteiger partial charge in [0.2, 0.25) is 0 Å². The van der Waals surface area contributed by atoms with Gasteiger partial charge in [0.15, 0.2) is 0 Å². The Bertz CT molecular complexity index is 274. The molecular formula is C11H16O2. The van der Waals surface area contributed by atoms with Gasteiger partial charge in [0.25, 0.3) is 0 Å². The van der Waals surface area contributed by atoms with Crippen LogP contribution in [0.4, 0.5) is 0 Å². The lowest BCUT2D eigenvalue weighted by Crippen LogP contribution is -2.14. The molecular weight excluding hydrogens is 164 g/mol. The number of hydrogen-bond donors (Lipinski definition) is 0. The van der Waals surface area contributed by atoms with Crippen LogP contribution < -0.4 is 0 Å².